The van der Waals surface area contributed by atoms with Crippen LogP contribution in [-0.2, 0) is 4.74 Å². The minimum absolute atomic E-state index is 0.889. The predicted molar refractivity (Wildman–Crippen MR) is 65.6 cm³/mol. The second kappa shape index (κ2) is 12.2. The summed E-state index contributed by atoms with van der Waals surface area (Å²) in [5, 5.41) is 0. The summed E-state index contributed by atoms with van der Waals surface area (Å²) in [4.78, 5) is 0. The van der Waals surface area contributed by atoms with Crippen LogP contribution in [0.25, 0.3) is 0 Å². The van der Waals surface area contributed by atoms with Crippen molar-refractivity contribution in [3.63, 3.8) is 0 Å². The molecule has 0 saturated heterocycles. The third-order valence-electron chi connectivity index (χ3n) is 1.41. The number of methoxy groups -OCH3 is 1. The fraction of sp³-hybridized carbons (Fsp3) is 0.538. The molecule has 82 valence electrons. The molecule has 1 nitrogen and oxygen atoms in total. The van der Waals surface area contributed by atoms with E-state index in [0.717, 1.165) is 13.0 Å². The van der Waals surface area contributed by atoms with Gasteiger partial charge in [-0.05, 0) is 27.2 Å². The van der Waals surface area contributed by atoms with Gasteiger partial charge < -0.3 is 4.74 Å². The van der Waals surface area contributed by atoms with Crippen molar-refractivity contribution in [3.8, 4) is 0 Å². The lowest BCUT2D eigenvalue weighted by Crippen LogP contribution is -1.80. The molecule has 0 saturated carbocycles. The maximum atomic E-state index is 4.69. The first kappa shape index (κ1) is 15.6. The molecule has 0 aliphatic rings. The van der Waals surface area contributed by atoms with Gasteiger partial charge in [0.1, 0.15) is 0 Å². The molecule has 0 bridgehead atoms. The molecule has 0 rings (SSSR count). The van der Waals surface area contributed by atoms with Crippen molar-refractivity contribution < 1.29 is 4.74 Å². The van der Waals surface area contributed by atoms with Crippen molar-refractivity contribution >= 4 is 0 Å². The second-order valence-corrected chi connectivity index (χ2v) is 3.35. The molecule has 0 spiro atoms. The molecule has 0 aliphatic heterocycles. The SMILES string of the molecule is C=C/C(C)=C\C=C(C)C.CCCOC. The highest BCUT2D eigenvalue weighted by Gasteiger charge is 1.74. The maximum absolute atomic E-state index is 4.69. The third kappa shape index (κ3) is 17.3. The molecule has 1 heteroatoms. The van der Waals surface area contributed by atoms with E-state index in [1.54, 1.807) is 7.11 Å². The fourth-order valence-electron chi connectivity index (χ4n) is 0.570. The van der Waals surface area contributed by atoms with E-state index in [2.05, 4.69) is 39.5 Å². The van der Waals surface area contributed by atoms with Crippen LogP contribution >= 0.6 is 0 Å². The highest BCUT2D eigenvalue weighted by atomic mass is 16.5. The standard InChI is InChI=1S/C9H14.C4H10O/c1-5-9(4)7-6-8(2)3;1-3-4-5-2/h5-7H,1H2,2-4H3;3-4H2,1-2H3/b9-7-;. The number of hydrogen-bond donors (Lipinski definition) is 0. The zero-order valence-electron chi connectivity index (χ0n) is 10.3. The monoisotopic (exact) mass is 196 g/mol. The average Bonchev–Trinajstić information content (AvgIpc) is 2.16. The van der Waals surface area contributed by atoms with Crippen molar-refractivity contribution in [2.75, 3.05) is 13.7 Å². The van der Waals surface area contributed by atoms with Crippen molar-refractivity contribution in [2.45, 2.75) is 34.1 Å². The summed E-state index contributed by atoms with van der Waals surface area (Å²) in [5.74, 6) is 0. The van der Waals surface area contributed by atoms with E-state index >= 15 is 0 Å². The molecule has 0 amide bonds. The van der Waals surface area contributed by atoms with Crippen LogP contribution in [0.1, 0.15) is 34.1 Å². The van der Waals surface area contributed by atoms with Crippen molar-refractivity contribution in [1.82, 2.24) is 0 Å². The highest BCUT2D eigenvalue weighted by molar-refractivity contribution is 5.21. The van der Waals surface area contributed by atoms with E-state index < -0.39 is 0 Å². The normalized spacial score (nSPS) is 9.93. The van der Waals surface area contributed by atoms with Gasteiger partial charge in [0.15, 0.2) is 0 Å². The highest BCUT2D eigenvalue weighted by Crippen LogP contribution is 1.96. The number of rotatable bonds is 4. The molecule has 0 aliphatic carbocycles. The second-order valence-electron chi connectivity index (χ2n) is 3.35. The quantitative estimate of drug-likeness (QED) is 0.614. The van der Waals surface area contributed by atoms with Crippen LogP contribution in [-0.4, -0.2) is 13.7 Å². The van der Waals surface area contributed by atoms with E-state index in [4.69, 9.17) is 4.74 Å². The summed E-state index contributed by atoms with van der Waals surface area (Å²) < 4.78 is 4.69. The summed E-state index contributed by atoms with van der Waals surface area (Å²) in [7, 11) is 1.71. The molecule has 0 aromatic carbocycles. The topological polar surface area (TPSA) is 9.23 Å². The van der Waals surface area contributed by atoms with Gasteiger partial charge in [0.05, 0.1) is 0 Å². The lowest BCUT2D eigenvalue weighted by atomic mass is 10.2. The molecule has 0 atom stereocenters. The van der Waals surface area contributed by atoms with Crippen LogP contribution in [0.3, 0.4) is 0 Å². The average molecular weight is 196 g/mol. The minimum atomic E-state index is 0.889. The lowest BCUT2D eigenvalue weighted by Gasteiger charge is -1.86. The summed E-state index contributed by atoms with van der Waals surface area (Å²) in [6.45, 7) is 12.8. The summed E-state index contributed by atoms with van der Waals surface area (Å²) in [5.41, 5.74) is 2.52. The first-order valence-electron chi connectivity index (χ1n) is 5.01. The molecule has 0 unspecified atom stereocenters. The van der Waals surface area contributed by atoms with E-state index in [9.17, 15) is 0 Å². The minimum Gasteiger partial charge on any atom is -0.385 e. The Hall–Kier alpha value is -0.820. The van der Waals surface area contributed by atoms with E-state index in [1.165, 1.54) is 11.1 Å². The van der Waals surface area contributed by atoms with Crippen LogP contribution in [0.2, 0.25) is 0 Å². The van der Waals surface area contributed by atoms with Crippen molar-refractivity contribution in [1.29, 1.82) is 0 Å². The lowest BCUT2D eigenvalue weighted by molar-refractivity contribution is 0.199. The van der Waals surface area contributed by atoms with E-state index in [1.807, 2.05) is 13.0 Å². The number of ether oxygens (including phenoxy) is 1. The Kier molecular flexibility index (Phi) is 13.6. The van der Waals surface area contributed by atoms with E-state index in [0.29, 0.717) is 0 Å². The molecule has 0 N–H and O–H groups in total. The molecule has 0 heterocycles. The Labute approximate surface area is 89.2 Å². The third-order valence-corrected chi connectivity index (χ3v) is 1.41. The molecular formula is C13H24O. The summed E-state index contributed by atoms with van der Waals surface area (Å²) >= 11 is 0. The molecule has 0 radical (unpaired) electrons. The van der Waals surface area contributed by atoms with Crippen LogP contribution in [0.5, 0.6) is 0 Å². The van der Waals surface area contributed by atoms with Crippen LogP contribution in [0.15, 0.2) is 36.0 Å². The molecule has 0 fully saturated rings. The Morgan fingerprint density at radius 3 is 2.00 bits per heavy atom. The van der Waals surface area contributed by atoms with Crippen LogP contribution in [0.4, 0.5) is 0 Å². The maximum Gasteiger partial charge on any atom is 0.0459 e. The smallest absolute Gasteiger partial charge is 0.0459 e. The Morgan fingerprint density at radius 2 is 1.79 bits per heavy atom. The van der Waals surface area contributed by atoms with Crippen molar-refractivity contribution in [3.05, 3.63) is 36.0 Å². The summed E-state index contributed by atoms with van der Waals surface area (Å²) in [6.07, 6.45) is 7.11. The van der Waals surface area contributed by atoms with Gasteiger partial charge in [-0.1, -0.05) is 42.9 Å². The predicted octanol–water partition coefficient (Wildman–Crippen LogP) is 4.13. The van der Waals surface area contributed by atoms with E-state index in [-0.39, 0.29) is 0 Å². The molecule has 14 heavy (non-hydrogen) atoms. The van der Waals surface area contributed by atoms with Gasteiger partial charge >= 0.3 is 0 Å². The van der Waals surface area contributed by atoms with Gasteiger partial charge in [0.2, 0.25) is 0 Å². The van der Waals surface area contributed by atoms with Crippen LogP contribution < -0.4 is 0 Å². The molecule has 0 aromatic heterocycles. The largest absolute Gasteiger partial charge is 0.385 e. The van der Waals surface area contributed by atoms with Gasteiger partial charge in [-0.2, -0.15) is 0 Å². The fourth-order valence-corrected chi connectivity index (χ4v) is 0.570. The molecule has 0 aromatic rings. The van der Waals surface area contributed by atoms with Gasteiger partial charge in [0, 0.05) is 13.7 Å². The molecular weight excluding hydrogens is 172 g/mol. The zero-order chi connectivity index (χ0) is 11.4. The Bertz CT molecular complexity index is 181. The van der Waals surface area contributed by atoms with Gasteiger partial charge in [-0.3, -0.25) is 0 Å². The van der Waals surface area contributed by atoms with Gasteiger partial charge in [-0.15, -0.1) is 0 Å². The first-order valence-corrected chi connectivity index (χ1v) is 5.01. The van der Waals surface area contributed by atoms with Gasteiger partial charge in [-0.25, -0.2) is 0 Å². The number of allylic oxidation sites excluding steroid dienone is 5. The number of hydrogen-bond acceptors (Lipinski definition) is 1. The van der Waals surface area contributed by atoms with Crippen LogP contribution in [0, 0.1) is 0 Å². The first-order chi connectivity index (χ1) is 6.58. The zero-order valence-corrected chi connectivity index (χ0v) is 10.3. The Balaban J connectivity index is 0. The summed E-state index contributed by atoms with van der Waals surface area (Å²) in [6, 6.07) is 0. The van der Waals surface area contributed by atoms with Gasteiger partial charge in [0.25, 0.3) is 0 Å². The Morgan fingerprint density at radius 1 is 1.21 bits per heavy atom. The van der Waals surface area contributed by atoms with Crippen molar-refractivity contribution in [2.24, 2.45) is 0 Å².